The third-order valence-corrected chi connectivity index (χ3v) is 6.09. The molecule has 1 aromatic carbocycles. The molecule has 3 aromatic rings. The summed E-state index contributed by atoms with van der Waals surface area (Å²) in [6, 6.07) is 8.12. The second kappa shape index (κ2) is 10.7. The highest BCUT2D eigenvalue weighted by Crippen LogP contribution is 2.30. The van der Waals surface area contributed by atoms with E-state index in [1.165, 1.54) is 5.56 Å². The van der Waals surface area contributed by atoms with Crippen molar-refractivity contribution in [1.82, 2.24) is 19.7 Å². The van der Waals surface area contributed by atoms with E-state index in [1.807, 2.05) is 19.2 Å². The minimum absolute atomic E-state index is 0. The first-order valence-electron chi connectivity index (χ1n) is 10.1. The number of anilines is 1. The molecule has 0 bridgehead atoms. The molecular weight excluding hydrogens is 406 g/mol. The molecule has 2 aromatic heterocycles. The van der Waals surface area contributed by atoms with Crippen LogP contribution in [0.2, 0.25) is 0 Å². The lowest BCUT2D eigenvalue weighted by Crippen LogP contribution is -2.39. The number of likely N-dealkylation sites (N-methyl/N-ethyl adjacent to an activating group) is 1. The van der Waals surface area contributed by atoms with Crippen molar-refractivity contribution in [2.45, 2.75) is 40.7 Å². The topological polar surface area (TPSA) is 54.3 Å². The average molecular weight is 436 g/mol. The van der Waals surface area contributed by atoms with Gasteiger partial charge in [-0.2, -0.15) is 5.10 Å². The Morgan fingerprint density at radius 3 is 2.48 bits per heavy atom. The van der Waals surface area contributed by atoms with E-state index in [2.05, 4.69) is 42.9 Å². The van der Waals surface area contributed by atoms with Crippen molar-refractivity contribution in [3.63, 3.8) is 0 Å². The molecule has 8 heteroatoms. The molecule has 29 heavy (non-hydrogen) atoms. The Kier molecular flexibility index (Phi) is 8.61. The van der Waals surface area contributed by atoms with Gasteiger partial charge >= 0.3 is 0 Å². The standard InChI is InChI=1S/C21H29N5OS.ClH/c1-5-16-9-10-17-19(15-16)28-21(22-17)26(14-13-24(6-2)7-3)20(27)18-11-12-25(8-4)23-18;/h9-12,15H,5-8,13-14H2,1-4H3;1H. The lowest BCUT2D eigenvalue weighted by Gasteiger charge is -2.24. The minimum Gasteiger partial charge on any atom is -0.302 e. The molecule has 0 unspecified atom stereocenters. The highest BCUT2D eigenvalue weighted by molar-refractivity contribution is 7.22. The highest BCUT2D eigenvalue weighted by Gasteiger charge is 2.23. The van der Waals surface area contributed by atoms with E-state index in [0.29, 0.717) is 12.2 Å². The number of carbonyl (C=O) groups is 1. The van der Waals surface area contributed by atoms with Gasteiger partial charge in [0.2, 0.25) is 0 Å². The lowest BCUT2D eigenvalue weighted by molar-refractivity contribution is 0.0978. The summed E-state index contributed by atoms with van der Waals surface area (Å²) in [6.07, 6.45) is 2.84. The van der Waals surface area contributed by atoms with Gasteiger partial charge in [-0.25, -0.2) is 4.98 Å². The zero-order chi connectivity index (χ0) is 20.1. The van der Waals surface area contributed by atoms with Crippen molar-refractivity contribution in [2.75, 3.05) is 31.1 Å². The smallest absolute Gasteiger partial charge is 0.280 e. The molecule has 0 fully saturated rings. The van der Waals surface area contributed by atoms with E-state index >= 15 is 0 Å². The highest BCUT2D eigenvalue weighted by atomic mass is 35.5. The van der Waals surface area contributed by atoms with E-state index < -0.39 is 0 Å². The van der Waals surface area contributed by atoms with Gasteiger partial charge in [0, 0.05) is 25.8 Å². The van der Waals surface area contributed by atoms with Gasteiger partial charge in [-0.3, -0.25) is 14.4 Å². The van der Waals surface area contributed by atoms with Crippen LogP contribution >= 0.6 is 23.7 Å². The summed E-state index contributed by atoms with van der Waals surface area (Å²) in [5.41, 5.74) is 2.69. The maximum absolute atomic E-state index is 13.3. The maximum Gasteiger partial charge on any atom is 0.280 e. The number of aryl methyl sites for hydroxylation is 2. The summed E-state index contributed by atoms with van der Waals surface area (Å²) in [5.74, 6) is -0.0888. The Bertz CT molecular complexity index is 934. The van der Waals surface area contributed by atoms with Crippen molar-refractivity contribution in [3.05, 3.63) is 41.7 Å². The summed E-state index contributed by atoms with van der Waals surface area (Å²) in [6.45, 7) is 12.5. The number of aromatic nitrogens is 3. The first-order valence-corrected chi connectivity index (χ1v) is 10.9. The Hall–Kier alpha value is -1.96. The van der Waals surface area contributed by atoms with Gasteiger partial charge in [-0.1, -0.05) is 38.2 Å². The fourth-order valence-electron chi connectivity index (χ4n) is 3.15. The molecule has 0 atom stereocenters. The second-order valence-electron chi connectivity index (χ2n) is 6.69. The molecular formula is C21H30ClN5OS. The van der Waals surface area contributed by atoms with Crippen LogP contribution in [0.4, 0.5) is 5.13 Å². The van der Waals surface area contributed by atoms with Gasteiger partial charge in [0.05, 0.1) is 10.2 Å². The maximum atomic E-state index is 13.3. The number of fused-ring (bicyclic) bond motifs is 1. The molecule has 158 valence electrons. The van der Waals surface area contributed by atoms with E-state index in [1.54, 1.807) is 27.0 Å². The zero-order valence-corrected chi connectivity index (χ0v) is 19.2. The Balaban J connectivity index is 0.00000300. The number of amides is 1. The minimum atomic E-state index is -0.0888. The van der Waals surface area contributed by atoms with Gasteiger partial charge in [0.15, 0.2) is 10.8 Å². The zero-order valence-electron chi connectivity index (χ0n) is 17.6. The molecule has 0 aliphatic rings. The van der Waals surface area contributed by atoms with Crippen molar-refractivity contribution in [1.29, 1.82) is 0 Å². The molecule has 0 saturated carbocycles. The van der Waals surface area contributed by atoms with Crippen LogP contribution in [-0.4, -0.2) is 51.8 Å². The quantitative estimate of drug-likeness (QED) is 0.497. The van der Waals surface area contributed by atoms with Crippen LogP contribution in [0.25, 0.3) is 10.2 Å². The second-order valence-corrected chi connectivity index (χ2v) is 7.70. The van der Waals surface area contributed by atoms with Gasteiger partial charge in [-0.05, 0) is 50.2 Å². The molecule has 0 aliphatic heterocycles. The number of hydrogen-bond acceptors (Lipinski definition) is 5. The summed E-state index contributed by atoms with van der Waals surface area (Å²) in [4.78, 5) is 22.1. The first kappa shape index (κ1) is 23.3. The number of benzene rings is 1. The first-order chi connectivity index (χ1) is 13.6. The van der Waals surface area contributed by atoms with Gasteiger partial charge in [0.1, 0.15) is 0 Å². The van der Waals surface area contributed by atoms with E-state index in [9.17, 15) is 4.79 Å². The normalized spacial score (nSPS) is 11.1. The number of halogens is 1. The number of rotatable bonds is 9. The third kappa shape index (κ3) is 5.35. The largest absolute Gasteiger partial charge is 0.302 e. The van der Waals surface area contributed by atoms with E-state index in [4.69, 9.17) is 4.98 Å². The molecule has 1 amide bonds. The predicted molar refractivity (Wildman–Crippen MR) is 124 cm³/mol. The fraction of sp³-hybridized carbons (Fsp3) is 0.476. The van der Waals surface area contributed by atoms with Crippen LogP contribution in [0.15, 0.2) is 30.5 Å². The summed E-state index contributed by atoms with van der Waals surface area (Å²) in [5, 5.41) is 5.15. The molecule has 0 N–H and O–H groups in total. The van der Waals surface area contributed by atoms with Crippen LogP contribution in [0.5, 0.6) is 0 Å². The summed E-state index contributed by atoms with van der Waals surface area (Å²) < 4.78 is 2.90. The molecule has 0 aliphatic carbocycles. The summed E-state index contributed by atoms with van der Waals surface area (Å²) in [7, 11) is 0. The monoisotopic (exact) mass is 435 g/mol. The Morgan fingerprint density at radius 1 is 1.10 bits per heavy atom. The molecule has 3 rings (SSSR count). The molecule has 0 saturated heterocycles. The van der Waals surface area contributed by atoms with Crippen molar-refractivity contribution in [2.24, 2.45) is 0 Å². The van der Waals surface area contributed by atoms with Crippen LogP contribution in [-0.2, 0) is 13.0 Å². The van der Waals surface area contributed by atoms with Gasteiger partial charge < -0.3 is 4.90 Å². The van der Waals surface area contributed by atoms with Crippen LogP contribution in [0.3, 0.4) is 0 Å². The Morgan fingerprint density at radius 2 is 1.86 bits per heavy atom. The van der Waals surface area contributed by atoms with Gasteiger partial charge in [0.25, 0.3) is 5.91 Å². The SMILES string of the molecule is CCc1ccc2nc(N(CCN(CC)CC)C(=O)c3ccn(CC)n3)sc2c1.Cl. The fourth-order valence-corrected chi connectivity index (χ4v) is 4.20. The number of nitrogens with zero attached hydrogens (tertiary/aromatic N) is 5. The number of hydrogen-bond donors (Lipinski definition) is 0. The average Bonchev–Trinajstić information content (AvgIpc) is 3.37. The number of carbonyl (C=O) groups excluding carboxylic acids is 1. The molecule has 6 nitrogen and oxygen atoms in total. The molecule has 2 heterocycles. The lowest BCUT2D eigenvalue weighted by atomic mass is 10.2. The van der Waals surface area contributed by atoms with Crippen molar-refractivity contribution < 1.29 is 4.79 Å². The van der Waals surface area contributed by atoms with Gasteiger partial charge in [-0.15, -0.1) is 12.4 Å². The summed E-state index contributed by atoms with van der Waals surface area (Å²) >= 11 is 1.58. The predicted octanol–water partition coefficient (Wildman–Crippen LogP) is 4.49. The van der Waals surface area contributed by atoms with Crippen molar-refractivity contribution >= 4 is 45.0 Å². The Labute approximate surface area is 182 Å². The van der Waals surface area contributed by atoms with E-state index in [0.717, 1.165) is 47.9 Å². The van der Waals surface area contributed by atoms with Crippen LogP contribution in [0, 0.1) is 0 Å². The van der Waals surface area contributed by atoms with Crippen LogP contribution in [0.1, 0.15) is 43.7 Å². The van der Waals surface area contributed by atoms with E-state index in [-0.39, 0.29) is 18.3 Å². The molecule has 0 spiro atoms. The van der Waals surface area contributed by atoms with Crippen LogP contribution < -0.4 is 4.90 Å². The van der Waals surface area contributed by atoms with Crippen molar-refractivity contribution in [3.8, 4) is 0 Å². The molecule has 0 radical (unpaired) electrons. The third-order valence-electron chi connectivity index (χ3n) is 5.04. The number of thiazole rings is 1.